The zero-order chi connectivity index (χ0) is 11.5. The SMILES string of the molecule is CC(=O)c1cc(C)nn1Cc1ccccc1. The summed E-state index contributed by atoms with van der Waals surface area (Å²) in [5.41, 5.74) is 2.69. The van der Waals surface area contributed by atoms with E-state index in [1.807, 2.05) is 43.3 Å². The van der Waals surface area contributed by atoms with Gasteiger partial charge >= 0.3 is 0 Å². The summed E-state index contributed by atoms with van der Waals surface area (Å²) in [6, 6.07) is 11.8. The van der Waals surface area contributed by atoms with Crippen LogP contribution in [0.4, 0.5) is 0 Å². The maximum Gasteiger partial charge on any atom is 0.177 e. The number of ketones is 1. The zero-order valence-corrected chi connectivity index (χ0v) is 9.47. The van der Waals surface area contributed by atoms with Crippen LogP contribution < -0.4 is 0 Å². The molecule has 0 saturated carbocycles. The first kappa shape index (κ1) is 10.6. The molecule has 16 heavy (non-hydrogen) atoms. The van der Waals surface area contributed by atoms with Crippen LogP contribution in [-0.2, 0) is 6.54 Å². The van der Waals surface area contributed by atoms with Gasteiger partial charge in [0.25, 0.3) is 0 Å². The number of aromatic nitrogens is 2. The Hall–Kier alpha value is -1.90. The van der Waals surface area contributed by atoms with Crippen molar-refractivity contribution in [2.24, 2.45) is 0 Å². The van der Waals surface area contributed by atoms with Gasteiger partial charge in [-0.05, 0) is 18.6 Å². The average molecular weight is 214 g/mol. The molecule has 2 aromatic rings. The standard InChI is InChI=1S/C13H14N2O/c1-10-8-13(11(2)16)15(14-10)9-12-6-4-3-5-7-12/h3-8H,9H2,1-2H3. The van der Waals surface area contributed by atoms with Crippen LogP contribution in [0.5, 0.6) is 0 Å². The summed E-state index contributed by atoms with van der Waals surface area (Å²) in [6.45, 7) is 4.11. The van der Waals surface area contributed by atoms with Crippen molar-refractivity contribution in [1.29, 1.82) is 0 Å². The van der Waals surface area contributed by atoms with Crippen LogP contribution >= 0.6 is 0 Å². The van der Waals surface area contributed by atoms with Gasteiger partial charge in [-0.1, -0.05) is 30.3 Å². The zero-order valence-electron chi connectivity index (χ0n) is 9.47. The van der Waals surface area contributed by atoms with Crippen molar-refractivity contribution in [3.8, 4) is 0 Å². The van der Waals surface area contributed by atoms with Gasteiger partial charge in [0.2, 0.25) is 0 Å². The third-order valence-electron chi connectivity index (χ3n) is 2.44. The molecule has 3 heteroatoms. The molecule has 0 aliphatic heterocycles. The maximum atomic E-state index is 11.4. The average Bonchev–Trinajstić information content (AvgIpc) is 2.61. The topological polar surface area (TPSA) is 34.9 Å². The summed E-state index contributed by atoms with van der Waals surface area (Å²) in [4.78, 5) is 11.4. The van der Waals surface area contributed by atoms with Crippen molar-refractivity contribution in [1.82, 2.24) is 9.78 Å². The first-order chi connectivity index (χ1) is 7.66. The normalized spacial score (nSPS) is 10.4. The maximum absolute atomic E-state index is 11.4. The molecule has 0 bridgehead atoms. The second-order valence-electron chi connectivity index (χ2n) is 3.87. The van der Waals surface area contributed by atoms with E-state index < -0.39 is 0 Å². The molecule has 1 aromatic heterocycles. The Bertz CT molecular complexity index is 500. The Morgan fingerprint density at radius 3 is 2.62 bits per heavy atom. The van der Waals surface area contributed by atoms with Gasteiger partial charge in [-0.25, -0.2) is 0 Å². The second-order valence-corrected chi connectivity index (χ2v) is 3.87. The number of rotatable bonds is 3. The molecule has 0 aliphatic rings. The minimum Gasteiger partial charge on any atom is -0.293 e. The molecule has 82 valence electrons. The van der Waals surface area contributed by atoms with Gasteiger partial charge in [0.15, 0.2) is 5.78 Å². The van der Waals surface area contributed by atoms with Crippen LogP contribution in [0.3, 0.4) is 0 Å². The molecular weight excluding hydrogens is 200 g/mol. The molecule has 1 aromatic carbocycles. The van der Waals surface area contributed by atoms with Crippen molar-refractivity contribution in [3.63, 3.8) is 0 Å². The molecule has 0 N–H and O–H groups in total. The Balaban J connectivity index is 2.31. The van der Waals surface area contributed by atoms with E-state index in [2.05, 4.69) is 5.10 Å². The van der Waals surface area contributed by atoms with Crippen molar-refractivity contribution in [2.75, 3.05) is 0 Å². The Kier molecular flexibility index (Phi) is 2.86. The molecule has 3 nitrogen and oxygen atoms in total. The molecule has 0 atom stereocenters. The smallest absolute Gasteiger partial charge is 0.177 e. The summed E-state index contributed by atoms with van der Waals surface area (Å²) in [5, 5.41) is 4.32. The van der Waals surface area contributed by atoms with Gasteiger partial charge in [-0.15, -0.1) is 0 Å². The highest BCUT2D eigenvalue weighted by Gasteiger charge is 2.09. The Morgan fingerprint density at radius 2 is 2.00 bits per heavy atom. The number of aryl methyl sites for hydroxylation is 1. The first-order valence-electron chi connectivity index (χ1n) is 5.26. The summed E-state index contributed by atoms with van der Waals surface area (Å²) in [5.74, 6) is 0.0523. The highest BCUT2D eigenvalue weighted by Crippen LogP contribution is 2.08. The number of nitrogens with zero attached hydrogens (tertiary/aromatic N) is 2. The van der Waals surface area contributed by atoms with Crippen LogP contribution in [0.15, 0.2) is 36.4 Å². The minimum absolute atomic E-state index is 0.0523. The van der Waals surface area contributed by atoms with Crippen LogP contribution in [0.1, 0.15) is 28.7 Å². The van der Waals surface area contributed by atoms with Crippen molar-refractivity contribution in [3.05, 3.63) is 53.3 Å². The van der Waals surface area contributed by atoms with Gasteiger partial charge in [-0.2, -0.15) is 5.10 Å². The summed E-state index contributed by atoms with van der Waals surface area (Å²) in [6.07, 6.45) is 0. The lowest BCUT2D eigenvalue weighted by Gasteiger charge is -2.04. The van der Waals surface area contributed by atoms with E-state index in [-0.39, 0.29) is 5.78 Å². The number of carbonyl (C=O) groups is 1. The van der Waals surface area contributed by atoms with E-state index in [1.165, 1.54) is 0 Å². The second kappa shape index (κ2) is 4.31. The number of hydrogen-bond donors (Lipinski definition) is 0. The summed E-state index contributed by atoms with van der Waals surface area (Å²) >= 11 is 0. The molecule has 0 unspecified atom stereocenters. The molecule has 0 amide bonds. The molecule has 2 rings (SSSR count). The van der Waals surface area contributed by atoms with E-state index in [9.17, 15) is 4.79 Å². The highest BCUT2D eigenvalue weighted by atomic mass is 16.1. The summed E-state index contributed by atoms with van der Waals surface area (Å²) in [7, 11) is 0. The van der Waals surface area contributed by atoms with Gasteiger partial charge < -0.3 is 0 Å². The molecule has 0 saturated heterocycles. The molecule has 0 spiro atoms. The van der Waals surface area contributed by atoms with Gasteiger partial charge in [0.05, 0.1) is 12.2 Å². The number of carbonyl (C=O) groups excluding carboxylic acids is 1. The third-order valence-corrected chi connectivity index (χ3v) is 2.44. The lowest BCUT2D eigenvalue weighted by atomic mass is 10.2. The molecule has 0 aliphatic carbocycles. The number of hydrogen-bond acceptors (Lipinski definition) is 2. The first-order valence-corrected chi connectivity index (χ1v) is 5.26. The largest absolute Gasteiger partial charge is 0.293 e. The van der Waals surface area contributed by atoms with E-state index in [1.54, 1.807) is 11.6 Å². The molecular formula is C13H14N2O. The summed E-state index contributed by atoms with van der Waals surface area (Å²) < 4.78 is 1.76. The van der Waals surface area contributed by atoms with Crippen molar-refractivity contribution >= 4 is 5.78 Å². The van der Waals surface area contributed by atoms with Crippen LogP contribution in [-0.4, -0.2) is 15.6 Å². The van der Waals surface area contributed by atoms with E-state index in [0.717, 1.165) is 11.3 Å². The van der Waals surface area contributed by atoms with E-state index in [4.69, 9.17) is 0 Å². The van der Waals surface area contributed by atoms with E-state index >= 15 is 0 Å². The molecule has 0 radical (unpaired) electrons. The lowest BCUT2D eigenvalue weighted by Crippen LogP contribution is -2.09. The minimum atomic E-state index is 0.0523. The lowest BCUT2D eigenvalue weighted by molar-refractivity contribution is 0.100. The van der Waals surface area contributed by atoms with Crippen LogP contribution in [0, 0.1) is 6.92 Å². The third kappa shape index (κ3) is 2.19. The predicted octanol–water partition coefficient (Wildman–Crippen LogP) is 2.44. The predicted molar refractivity (Wildman–Crippen MR) is 62.5 cm³/mol. The fourth-order valence-corrected chi connectivity index (χ4v) is 1.71. The fraction of sp³-hybridized carbons (Fsp3) is 0.231. The van der Waals surface area contributed by atoms with Gasteiger partial charge in [0, 0.05) is 6.92 Å². The van der Waals surface area contributed by atoms with Crippen LogP contribution in [0.2, 0.25) is 0 Å². The van der Waals surface area contributed by atoms with Crippen LogP contribution in [0.25, 0.3) is 0 Å². The fourth-order valence-electron chi connectivity index (χ4n) is 1.71. The van der Waals surface area contributed by atoms with Gasteiger partial charge in [0.1, 0.15) is 5.69 Å². The van der Waals surface area contributed by atoms with E-state index in [0.29, 0.717) is 12.2 Å². The molecule has 0 fully saturated rings. The quantitative estimate of drug-likeness (QED) is 0.735. The molecule has 1 heterocycles. The monoisotopic (exact) mass is 214 g/mol. The van der Waals surface area contributed by atoms with Crippen molar-refractivity contribution < 1.29 is 4.79 Å². The van der Waals surface area contributed by atoms with Crippen molar-refractivity contribution in [2.45, 2.75) is 20.4 Å². The number of benzene rings is 1. The Morgan fingerprint density at radius 1 is 1.31 bits per heavy atom. The van der Waals surface area contributed by atoms with Gasteiger partial charge in [-0.3, -0.25) is 9.48 Å². The highest BCUT2D eigenvalue weighted by molar-refractivity contribution is 5.92. The Labute approximate surface area is 94.7 Å². The number of Topliss-reactive ketones (excluding diaryl/α,β-unsaturated/α-hetero) is 1.